The molecule has 3 unspecified atom stereocenters. The van der Waals surface area contributed by atoms with Crippen LogP contribution in [0.15, 0.2) is 33.5 Å². The fourth-order valence-corrected chi connectivity index (χ4v) is 3.53. The Morgan fingerprint density at radius 3 is 2.61 bits per heavy atom. The van der Waals surface area contributed by atoms with Crippen molar-refractivity contribution in [2.45, 2.75) is 58.5 Å². The maximum absolute atomic E-state index is 12.5. The number of ether oxygens (including phenoxy) is 2. The molecule has 0 radical (unpaired) electrons. The fourth-order valence-electron chi connectivity index (χ4n) is 3.53. The summed E-state index contributed by atoms with van der Waals surface area (Å²) in [6.45, 7) is 6.72. The molecule has 0 bridgehead atoms. The van der Waals surface area contributed by atoms with E-state index in [4.69, 9.17) is 13.9 Å². The van der Waals surface area contributed by atoms with E-state index in [0.29, 0.717) is 37.2 Å². The number of para-hydroxylation sites is 2. The standard InChI is InChI=1S/C20H26N2O6/c1-13-11-21(12-14(2)26-13)19(24)15(3)27-18(23)9-6-10-22-16-7-4-5-8-17(16)28-20(22)25/h4-5,7-8,13-15H,6,9-12H2,1-3H3. The summed E-state index contributed by atoms with van der Waals surface area (Å²) in [6.07, 6.45) is -0.409. The van der Waals surface area contributed by atoms with Crippen molar-refractivity contribution in [2.24, 2.45) is 0 Å². The Morgan fingerprint density at radius 2 is 1.89 bits per heavy atom. The molecule has 2 heterocycles. The molecule has 152 valence electrons. The van der Waals surface area contributed by atoms with Crippen LogP contribution in [0, 0.1) is 0 Å². The molecule has 3 atom stereocenters. The summed E-state index contributed by atoms with van der Waals surface area (Å²) in [7, 11) is 0. The van der Waals surface area contributed by atoms with Crippen LogP contribution in [0.1, 0.15) is 33.6 Å². The maximum atomic E-state index is 12.5. The Kier molecular flexibility index (Phi) is 6.18. The fraction of sp³-hybridized carbons (Fsp3) is 0.550. The summed E-state index contributed by atoms with van der Waals surface area (Å²) in [5.74, 6) is -1.13. The van der Waals surface area contributed by atoms with E-state index >= 15 is 0 Å². The summed E-state index contributed by atoms with van der Waals surface area (Å²) in [5.41, 5.74) is 1.21. The minimum atomic E-state index is -0.845. The molecule has 1 fully saturated rings. The van der Waals surface area contributed by atoms with Gasteiger partial charge in [-0.3, -0.25) is 14.2 Å². The van der Waals surface area contributed by atoms with Crippen molar-refractivity contribution in [2.75, 3.05) is 13.1 Å². The number of aryl methyl sites for hydroxylation is 1. The average Bonchev–Trinajstić information content (AvgIpc) is 2.95. The molecule has 1 aliphatic rings. The highest BCUT2D eigenvalue weighted by molar-refractivity contribution is 5.83. The third-order valence-electron chi connectivity index (χ3n) is 4.72. The van der Waals surface area contributed by atoms with Crippen molar-refractivity contribution < 1.29 is 23.5 Å². The summed E-state index contributed by atoms with van der Waals surface area (Å²) in [4.78, 5) is 38.2. The highest BCUT2D eigenvalue weighted by Crippen LogP contribution is 2.14. The van der Waals surface area contributed by atoms with Crippen LogP contribution >= 0.6 is 0 Å². The lowest BCUT2D eigenvalue weighted by Gasteiger charge is -2.36. The van der Waals surface area contributed by atoms with Crippen molar-refractivity contribution in [3.8, 4) is 0 Å². The van der Waals surface area contributed by atoms with Gasteiger partial charge in [0.15, 0.2) is 11.7 Å². The molecule has 8 heteroatoms. The van der Waals surface area contributed by atoms with Gasteiger partial charge in [0.25, 0.3) is 5.91 Å². The molecule has 1 saturated heterocycles. The summed E-state index contributed by atoms with van der Waals surface area (Å²) in [6, 6.07) is 7.13. The number of carbonyl (C=O) groups excluding carboxylic acids is 2. The molecule has 0 spiro atoms. The quantitative estimate of drug-likeness (QED) is 0.700. The van der Waals surface area contributed by atoms with Crippen LogP contribution in [-0.4, -0.2) is 52.7 Å². The minimum absolute atomic E-state index is 0.0429. The van der Waals surface area contributed by atoms with Crippen molar-refractivity contribution in [3.63, 3.8) is 0 Å². The first-order chi connectivity index (χ1) is 13.3. The molecule has 0 N–H and O–H groups in total. The van der Waals surface area contributed by atoms with Gasteiger partial charge in [-0.2, -0.15) is 0 Å². The van der Waals surface area contributed by atoms with E-state index < -0.39 is 17.8 Å². The Labute approximate surface area is 163 Å². The van der Waals surface area contributed by atoms with Gasteiger partial charge >= 0.3 is 11.7 Å². The van der Waals surface area contributed by atoms with Gasteiger partial charge in [-0.05, 0) is 39.3 Å². The SMILES string of the molecule is CC1CN(C(=O)C(C)OC(=O)CCCn2c(=O)oc3ccccc32)CC(C)O1. The number of carbonyl (C=O) groups is 2. The molecule has 1 aromatic heterocycles. The van der Waals surface area contributed by atoms with E-state index in [-0.39, 0.29) is 24.5 Å². The third-order valence-corrected chi connectivity index (χ3v) is 4.72. The van der Waals surface area contributed by atoms with Crippen LogP contribution in [0.5, 0.6) is 0 Å². The smallest absolute Gasteiger partial charge is 0.419 e. The van der Waals surface area contributed by atoms with Crippen LogP contribution in [0.4, 0.5) is 0 Å². The van der Waals surface area contributed by atoms with Gasteiger partial charge in [-0.15, -0.1) is 0 Å². The van der Waals surface area contributed by atoms with Crippen molar-refractivity contribution >= 4 is 23.0 Å². The Balaban J connectivity index is 1.49. The average molecular weight is 390 g/mol. The topological polar surface area (TPSA) is 91.0 Å². The first-order valence-electron chi connectivity index (χ1n) is 9.57. The van der Waals surface area contributed by atoms with Crippen LogP contribution in [0.3, 0.4) is 0 Å². The monoisotopic (exact) mass is 390 g/mol. The lowest BCUT2D eigenvalue weighted by atomic mass is 10.2. The number of morpholine rings is 1. The Hall–Kier alpha value is -2.61. The third kappa shape index (κ3) is 4.62. The lowest BCUT2D eigenvalue weighted by Crippen LogP contribution is -2.51. The van der Waals surface area contributed by atoms with Crippen LogP contribution in [0.2, 0.25) is 0 Å². The van der Waals surface area contributed by atoms with Gasteiger partial charge in [0.2, 0.25) is 0 Å². The van der Waals surface area contributed by atoms with E-state index in [1.165, 1.54) is 4.57 Å². The number of aromatic nitrogens is 1. The Morgan fingerprint density at radius 1 is 1.21 bits per heavy atom. The second kappa shape index (κ2) is 8.60. The van der Waals surface area contributed by atoms with E-state index in [2.05, 4.69) is 0 Å². The van der Waals surface area contributed by atoms with Gasteiger partial charge < -0.3 is 18.8 Å². The molecule has 2 aromatic rings. The number of fused-ring (bicyclic) bond motifs is 1. The summed E-state index contributed by atoms with van der Waals surface area (Å²) in [5, 5.41) is 0. The van der Waals surface area contributed by atoms with E-state index in [0.717, 1.165) is 0 Å². The molecule has 0 aliphatic carbocycles. The first-order valence-corrected chi connectivity index (χ1v) is 9.57. The second-order valence-electron chi connectivity index (χ2n) is 7.22. The van der Waals surface area contributed by atoms with Crippen LogP contribution in [0.25, 0.3) is 11.1 Å². The Bertz CT molecular complexity index is 891. The number of esters is 1. The van der Waals surface area contributed by atoms with Crippen molar-refractivity contribution in [1.29, 1.82) is 0 Å². The number of hydrogen-bond donors (Lipinski definition) is 0. The lowest BCUT2D eigenvalue weighted by molar-refractivity contribution is -0.164. The number of benzene rings is 1. The van der Waals surface area contributed by atoms with Crippen molar-refractivity contribution in [3.05, 3.63) is 34.8 Å². The summed E-state index contributed by atoms with van der Waals surface area (Å²) < 4.78 is 17.6. The number of oxazole rings is 1. The van der Waals surface area contributed by atoms with Gasteiger partial charge in [0, 0.05) is 26.1 Å². The zero-order valence-corrected chi connectivity index (χ0v) is 16.4. The number of rotatable bonds is 6. The molecular weight excluding hydrogens is 364 g/mol. The first kappa shape index (κ1) is 20.1. The van der Waals surface area contributed by atoms with Gasteiger partial charge in [-0.1, -0.05) is 12.1 Å². The largest absolute Gasteiger partial charge is 0.453 e. The molecule has 0 saturated carbocycles. The molecule has 1 aromatic carbocycles. The predicted octanol–water partition coefficient (Wildman–Crippen LogP) is 1.94. The highest BCUT2D eigenvalue weighted by atomic mass is 16.5. The highest BCUT2D eigenvalue weighted by Gasteiger charge is 2.30. The number of amides is 1. The summed E-state index contributed by atoms with van der Waals surface area (Å²) >= 11 is 0. The molecule has 3 rings (SSSR count). The van der Waals surface area contributed by atoms with E-state index in [1.807, 2.05) is 19.9 Å². The molecular formula is C20H26N2O6. The van der Waals surface area contributed by atoms with Gasteiger partial charge in [-0.25, -0.2) is 4.79 Å². The van der Waals surface area contributed by atoms with Crippen molar-refractivity contribution in [1.82, 2.24) is 9.47 Å². The molecule has 1 aliphatic heterocycles. The molecule has 8 nitrogen and oxygen atoms in total. The zero-order valence-electron chi connectivity index (χ0n) is 16.4. The zero-order chi connectivity index (χ0) is 20.3. The van der Waals surface area contributed by atoms with Crippen LogP contribution in [-0.2, 0) is 25.6 Å². The van der Waals surface area contributed by atoms with Gasteiger partial charge in [0.05, 0.1) is 17.7 Å². The van der Waals surface area contributed by atoms with Gasteiger partial charge in [0.1, 0.15) is 0 Å². The minimum Gasteiger partial charge on any atom is -0.453 e. The van der Waals surface area contributed by atoms with E-state index in [9.17, 15) is 14.4 Å². The molecule has 28 heavy (non-hydrogen) atoms. The van der Waals surface area contributed by atoms with Crippen LogP contribution < -0.4 is 5.76 Å². The second-order valence-corrected chi connectivity index (χ2v) is 7.22. The number of nitrogens with zero attached hydrogens (tertiary/aromatic N) is 2. The van der Waals surface area contributed by atoms with E-state index in [1.54, 1.807) is 30.0 Å². The maximum Gasteiger partial charge on any atom is 0.419 e. The number of hydrogen-bond acceptors (Lipinski definition) is 6. The normalized spacial score (nSPS) is 20.9. The molecule has 1 amide bonds. The predicted molar refractivity (Wildman–Crippen MR) is 102 cm³/mol.